The van der Waals surface area contributed by atoms with Gasteiger partial charge >= 0.3 is 0 Å². The molecule has 29 heavy (non-hydrogen) atoms. The minimum Gasteiger partial charge on any atom is -0.493 e. The van der Waals surface area contributed by atoms with Gasteiger partial charge in [-0.05, 0) is 44.2 Å². The number of anilines is 1. The largest absolute Gasteiger partial charge is 0.493 e. The number of carbonyl (C=O) groups excluding carboxylic acids is 2. The molecule has 2 aromatic carbocycles. The number of ether oxygens (including phenoxy) is 2. The summed E-state index contributed by atoms with van der Waals surface area (Å²) in [6, 6.07) is 12.2. The molecule has 1 amide bonds. The maximum absolute atomic E-state index is 12.3. The number of hydrogen-bond acceptors (Lipinski definition) is 6. The standard InChI is InChI=1S/C21H19ClN2O4S/c1-12(25)15-6-9-17(18(10-15)27-3)28-11-19(26)23-21-24-20(13(2)29-21)14-4-7-16(22)8-5-14/h4-10H,11H2,1-3H3,(H,23,24,26). The molecule has 8 heteroatoms. The number of halogens is 1. The summed E-state index contributed by atoms with van der Waals surface area (Å²) in [6.07, 6.45) is 0. The van der Waals surface area contributed by atoms with Gasteiger partial charge in [0.1, 0.15) is 0 Å². The van der Waals surface area contributed by atoms with Gasteiger partial charge < -0.3 is 9.47 Å². The lowest BCUT2D eigenvalue weighted by atomic mass is 10.1. The number of carbonyl (C=O) groups is 2. The van der Waals surface area contributed by atoms with Crippen LogP contribution in [0.1, 0.15) is 22.2 Å². The van der Waals surface area contributed by atoms with Crippen LogP contribution in [0, 0.1) is 6.92 Å². The van der Waals surface area contributed by atoms with Crippen molar-refractivity contribution in [1.29, 1.82) is 0 Å². The van der Waals surface area contributed by atoms with Crippen LogP contribution in [0.25, 0.3) is 11.3 Å². The van der Waals surface area contributed by atoms with E-state index in [9.17, 15) is 9.59 Å². The Morgan fingerprint density at radius 2 is 1.86 bits per heavy atom. The molecule has 3 aromatic rings. The fourth-order valence-electron chi connectivity index (χ4n) is 2.63. The Bertz CT molecular complexity index is 1050. The van der Waals surface area contributed by atoms with Gasteiger partial charge in [-0.1, -0.05) is 23.7 Å². The highest BCUT2D eigenvalue weighted by molar-refractivity contribution is 7.16. The topological polar surface area (TPSA) is 77.5 Å². The molecule has 1 heterocycles. The average molecular weight is 431 g/mol. The van der Waals surface area contributed by atoms with Crippen molar-refractivity contribution in [2.24, 2.45) is 0 Å². The summed E-state index contributed by atoms with van der Waals surface area (Å²) in [4.78, 5) is 29.2. The van der Waals surface area contributed by atoms with Gasteiger partial charge in [0.15, 0.2) is 29.0 Å². The molecule has 6 nitrogen and oxygen atoms in total. The highest BCUT2D eigenvalue weighted by atomic mass is 35.5. The molecule has 0 spiro atoms. The van der Waals surface area contributed by atoms with Crippen molar-refractivity contribution in [3.63, 3.8) is 0 Å². The normalized spacial score (nSPS) is 10.5. The summed E-state index contributed by atoms with van der Waals surface area (Å²) in [7, 11) is 1.48. The average Bonchev–Trinajstić information content (AvgIpc) is 3.06. The van der Waals surface area contributed by atoms with E-state index < -0.39 is 0 Å². The number of nitrogens with zero attached hydrogens (tertiary/aromatic N) is 1. The first-order chi connectivity index (χ1) is 13.9. The summed E-state index contributed by atoms with van der Waals surface area (Å²) in [5.74, 6) is 0.341. The number of methoxy groups -OCH3 is 1. The summed E-state index contributed by atoms with van der Waals surface area (Å²) in [5, 5.41) is 3.88. The van der Waals surface area contributed by atoms with Gasteiger partial charge in [-0.3, -0.25) is 14.9 Å². The Hall–Kier alpha value is -2.90. The van der Waals surface area contributed by atoms with Crippen molar-refractivity contribution in [3.8, 4) is 22.8 Å². The lowest BCUT2D eigenvalue weighted by molar-refractivity contribution is -0.118. The van der Waals surface area contributed by atoms with Crippen LogP contribution >= 0.6 is 22.9 Å². The number of benzene rings is 2. The van der Waals surface area contributed by atoms with Crippen molar-refractivity contribution >= 4 is 39.8 Å². The van der Waals surface area contributed by atoms with Crippen molar-refractivity contribution in [2.45, 2.75) is 13.8 Å². The Balaban J connectivity index is 1.65. The Morgan fingerprint density at radius 1 is 1.14 bits per heavy atom. The zero-order valence-corrected chi connectivity index (χ0v) is 17.7. The zero-order chi connectivity index (χ0) is 21.0. The van der Waals surface area contributed by atoms with E-state index >= 15 is 0 Å². The van der Waals surface area contributed by atoms with E-state index in [1.807, 2.05) is 19.1 Å². The SMILES string of the molecule is COc1cc(C(C)=O)ccc1OCC(=O)Nc1nc(-c2ccc(Cl)cc2)c(C)s1. The molecule has 0 saturated carbocycles. The number of amides is 1. The Labute approximate surface area is 177 Å². The number of nitrogens with one attached hydrogen (secondary N) is 1. The van der Waals surface area contributed by atoms with Gasteiger partial charge in [0.2, 0.25) is 0 Å². The van der Waals surface area contributed by atoms with Crippen LogP contribution in [0.4, 0.5) is 5.13 Å². The smallest absolute Gasteiger partial charge is 0.264 e. The van der Waals surface area contributed by atoms with Gasteiger partial charge in [-0.25, -0.2) is 4.98 Å². The molecular weight excluding hydrogens is 412 g/mol. The van der Waals surface area contributed by atoms with Crippen LogP contribution in [0.2, 0.25) is 5.02 Å². The second-order valence-electron chi connectivity index (χ2n) is 6.19. The molecule has 3 rings (SSSR count). The Morgan fingerprint density at radius 3 is 2.52 bits per heavy atom. The van der Waals surface area contributed by atoms with E-state index in [4.69, 9.17) is 21.1 Å². The molecule has 1 N–H and O–H groups in total. The summed E-state index contributed by atoms with van der Waals surface area (Å²) < 4.78 is 10.8. The molecule has 0 aliphatic heterocycles. The van der Waals surface area contributed by atoms with Crippen molar-refractivity contribution in [3.05, 3.63) is 57.9 Å². The fraction of sp³-hybridized carbons (Fsp3) is 0.190. The number of ketones is 1. The second kappa shape index (κ2) is 9.07. The van der Waals surface area contributed by atoms with E-state index in [0.29, 0.717) is 27.2 Å². The zero-order valence-electron chi connectivity index (χ0n) is 16.1. The van der Waals surface area contributed by atoms with E-state index in [1.54, 1.807) is 30.3 Å². The van der Waals surface area contributed by atoms with Crippen LogP contribution in [0.15, 0.2) is 42.5 Å². The Kier molecular flexibility index (Phi) is 6.51. The van der Waals surface area contributed by atoms with Crippen LogP contribution in [-0.4, -0.2) is 30.4 Å². The first-order valence-corrected chi connectivity index (χ1v) is 9.92. The quantitative estimate of drug-likeness (QED) is 0.533. The molecule has 0 unspecified atom stereocenters. The predicted molar refractivity (Wildman–Crippen MR) is 114 cm³/mol. The molecule has 0 fully saturated rings. The monoisotopic (exact) mass is 430 g/mol. The van der Waals surface area contributed by atoms with Gasteiger partial charge in [0.25, 0.3) is 5.91 Å². The van der Waals surface area contributed by atoms with E-state index in [-0.39, 0.29) is 18.3 Å². The predicted octanol–water partition coefficient (Wildman–Crippen LogP) is 5.00. The first kappa shape index (κ1) is 20.8. The number of thiazole rings is 1. The molecule has 1 aromatic heterocycles. The highest BCUT2D eigenvalue weighted by Crippen LogP contribution is 2.31. The molecule has 0 aliphatic rings. The molecule has 0 bridgehead atoms. The van der Waals surface area contributed by atoms with Crippen molar-refractivity contribution in [1.82, 2.24) is 4.98 Å². The molecule has 0 radical (unpaired) electrons. The van der Waals surface area contributed by atoms with Gasteiger partial charge in [0, 0.05) is 21.0 Å². The lowest BCUT2D eigenvalue weighted by Gasteiger charge is -2.11. The van der Waals surface area contributed by atoms with Crippen molar-refractivity contribution < 1.29 is 19.1 Å². The summed E-state index contributed by atoms with van der Waals surface area (Å²) in [5.41, 5.74) is 2.23. The third kappa shape index (κ3) is 5.13. The van der Waals surface area contributed by atoms with Crippen LogP contribution in [0.3, 0.4) is 0 Å². The van der Waals surface area contributed by atoms with E-state index in [2.05, 4.69) is 10.3 Å². The maximum atomic E-state index is 12.3. The second-order valence-corrected chi connectivity index (χ2v) is 7.83. The van der Waals surface area contributed by atoms with E-state index in [0.717, 1.165) is 16.1 Å². The van der Waals surface area contributed by atoms with Crippen molar-refractivity contribution in [2.75, 3.05) is 19.0 Å². The molecule has 0 aliphatic carbocycles. The maximum Gasteiger partial charge on any atom is 0.264 e. The minimum absolute atomic E-state index is 0.0803. The van der Waals surface area contributed by atoms with Gasteiger partial charge in [-0.2, -0.15) is 0 Å². The molecular formula is C21H19ClN2O4S. The third-order valence-corrected chi connectivity index (χ3v) is 5.23. The van der Waals surface area contributed by atoms with Gasteiger partial charge in [-0.15, -0.1) is 11.3 Å². The highest BCUT2D eigenvalue weighted by Gasteiger charge is 2.14. The summed E-state index contributed by atoms with van der Waals surface area (Å²) >= 11 is 7.31. The molecule has 150 valence electrons. The van der Waals surface area contributed by atoms with Crippen LogP contribution in [-0.2, 0) is 4.79 Å². The number of Topliss-reactive ketones (excluding diaryl/α,β-unsaturated/α-hetero) is 1. The fourth-order valence-corrected chi connectivity index (χ4v) is 3.61. The molecule has 0 saturated heterocycles. The first-order valence-electron chi connectivity index (χ1n) is 8.72. The van der Waals surface area contributed by atoms with Crippen LogP contribution < -0.4 is 14.8 Å². The lowest BCUT2D eigenvalue weighted by Crippen LogP contribution is -2.20. The summed E-state index contributed by atoms with van der Waals surface area (Å²) in [6.45, 7) is 3.19. The van der Waals surface area contributed by atoms with Gasteiger partial charge in [0.05, 0.1) is 12.8 Å². The number of hydrogen-bond donors (Lipinski definition) is 1. The third-order valence-electron chi connectivity index (χ3n) is 4.09. The number of aromatic nitrogens is 1. The van der Waals surface area contributed by atoms with Crippen LogP contribution in [0.5, 0.6) is 11.5 Å². The minimum atomic E-state index is -0.348. The van der Waals surface area contributed by atoms with E-state index in [1.165, 1.54) is 25.4 Å². The number of rotatable bonds is 7. The number of aryl methyl sites for hydroxylation is 1. The molecule has 0 atom stereocenters.